The van der Waals surface area contributed by atoms with Gasteiger partial charge in [-0.2, -0.15) is 10.5 Å². The standard InChI is InChI=1S/C22H16BrN5O2/c1-12-19-20(17(10-25)21(26)30-22(19)28-27-12)16-8-15(23)6-7-18(16)29-11-14-5-3-2-4-13(14)9-24/h2-8,20H,11,26H2,1H3,(H,27,28)/t20-/m1/s1. The average molecular weight is 462 g/mol. The second-order valence-corrected chi connectivity index (χ2v) is 7.65. The van der Waals surface area contributed by atoms with Crippen LogP contribution in [-0.2, 0) is 6.61 Å². The van der Waals surface area contributed by atoms with Gasteiger partial charge < -0.3 is 15.2 Å². The molecule has 2 heterocycles. The van der Waals surface area contributed by atoms with Crippen LogP contribution in [0.15, 0.2) is 58.4 Å². The number of ether oxygens (including phenoxy) is 2. The zero-order valence-electron chi connectivity index (χ0n) is 15.9. The van der Waals surface area contributed by atoms with Crippen LogP contribution in [0.1, 0.15) is 33.9 Å². The lowest BCUT2D eigenvalue weighted by Crippen LogP contribution is -2.21. The first-order chi connectivity index (χ1) is 14.5. The Bertz CT molecular complexity index is 1250. The smallest absolute Gasteiger partial charge is 0.244 e. The van der Waals surface area contributed by atoms with Gasteiger partial charge in [0.2, 0.25) is 11.8 Å². The molecule has 0 saturated heterocycles. The number of rotatable bonds is 4. The third-order valence-corrected chi connectivity index (χ3v) is 5.43. The number of nitrogens with zero attached hydrogens (tertiary/aromatic N) is 3. The van der Waals surface area contributed by atoms with Crippen LogP contribution in [0.4, 0.5) is 0 Å². The molecule has 30 heavy (non-hydrogen) atoms. The number of aromatic nitrogens is 2. The lowest BCUT2D eigenvalue weighted by molar-refractivity contribution is 0.301. The van der Waals surface area contributed by atoms with Crippen molar-refractivity contribution in [1.82, 2.24) is 10.2 Å². The highest BCUT2D eigenvalue weighted by Gasteiger charge is 2.36. The van der Waals surface area contributed by atoms with Crippen molar-refractivity contribution < 1.29 is 9.47 Å². The summed E-state index contributed by atoms with van der Waals surface area (Å²) in [6.07, 6.45) is 0. The molecule has 1 aromatic heterocycles. The van der Waals surface area contributed by atoms with Crippen molar-refractivity contribution in [1.29, 1.82) is 10.5 Å². The SMILES string of the molecule is Cc1[nH]nc2c1[C@H](c1cc(Br)ccc1OCc1ccccc1C#N)C(C#N)=C(N)O2. The minimum atomic E-state index is -0.504. The Morgan fingerprint density at radius 1 is 1.23 bits per heavy atom. The van der Waals surface area contributed by atoms with E-state index in [-0.39, 0.29) is 18.1 Å². The first kappa shape index (κ1) is 19.6. The van der Waals surface area contributed by atoms with Gasteiger partial charge in [-0.15, -0.1) is 5.10 Å². The summed E-state index contributed by atoms with van der Waals surface area (Å²) in [6, 6.07) is 17.2. The molecule has 0 amide bonds. The summed E-state index contributed by atoms with van der Waals surface area (Å²) >= 11 is 3.50. The number of hydrogen-bond acceptors (Lipinski definition) is 6. The monoisotopic (exact) mass is 461 g/mol. The van der Waals surface area contributed by atoms with Gasteiger partial charge >= 0.3 is 0 Å². The number of benzene rings is 2. The van der Waals surface area contributed by atoms with Crippen LogP contribution in [0.5, 0.6) is 11.6 Å². The number of allylic oxidation sites excluding steroid dienone is 1. The molecule has 0 radical (unpaired) electrons. The van der Waals surface area contributed by atoms with E-state index >= 15 is 0 Å². The van der Waals surface area contributed by atoms with E-state index in [1.165, 1.54) is 0 Å². The summed E-state index contributed by atoms with van der Waals surface area (Å²) in [6.45, 7) is 2.07. The van der Waals surface area contributed by atoms with Crippen LogP contribution in [-0.4, -0.2) is 10.2 Å². The Morgan fingerprint density at radius 3 is 2.80 bits per heavy atom. The Morgan fingerprint density at radius 2 is 2.03 bits per heavy atom. The third kappa shape index (κ3) is 3.38. The Kier molecular flexibility index (Phi) is 5.18. The van der Waals surface area contributed by atoms with Gasteiger partial charge in [-0.25, -0.2) is 0 Å². The average Bonchev–Trinajstić information content (AvgIpc) is 3.12. The fourth-order valence-electron chi connectivity index (χ4n) is 3.50. The molecular formula is C22H16BrN5O2. The highest BCUT2D eigenvalue weighted by atomic mass is 79.9. The summed E-state index contributed by atoms with van der Waals surface area (Å²) in [7, 11) is 0. The number of aromatic amines is 1. The van der Waals surface area contributed by atoms with Crippen molar-refractivity contribution in [3.8, 4) is 23.8 Å². The quantitative estimate of drug-likeness (QED) is 0.601. The van der Waals surface area contributed by atoms with E-state index in [4.69, 9.17) is 15.2 Å². The second-order valence-electron chi connectivity index (χ2n) is 6.73. The molecule has 7 nitrogen and oxygen atoms in total. The maximum Gasteiger partial charge on any atom is 0.244 e. The van der Waals surface area contributed by atoms with Crippen LogP contribution in [0.3, 0.4) is 0 Å². The lowest BCUT2D eigenvalue weighted by atomic mass is 9.83. The van der Waals surface area contributed by atoms with Crippen LogP contribution >= 0.6 is 15.9 Å². The molecule has 0 bridgehead atoms. The van der Waals surface area contributed by atoms with Crippen LogP contribution in [0.25, 0.3) is 0 Å². The first-order valence-corrected chi connectivity index (χ1v) is 9.85. The molecule has 8 heteroatoms. The maximum atomic E-state index is 9.80. The predicted molar refractivity (Wildman–Crippen MR) is 112 cm³/mol. The zero-order chi connectivity index (χ0) is 21.3. The maximum absolute atomic E-state index is 9.80. The molecule has 4 rings (SSSR count). The topological polar surface area (TPSA) is 121 Å². The lowest BCUT2D eigenvalue weighted by Gasteiger charge is -2.25. The number of aryl methyl sites for hydroxylation is 1. The van der Waals surface area contributed by atoms with Gasteiger partial charge in [0, 0.05) is 26.9 Å². The van der Waals surface area contributed by atoms with Gasteiger partial charge in [0.15, 0.2) is 0 Å². The van der Waals surface area contributed by atoms with Gasteiger partial charge in [-0.1, -0.05) is 34.1 Å². The van der Waals surface area contributed by atoms with Gasteiger partial charge in [0.1, 0.15) is 24.0 Å². The van der Waals surface area contributed by atoms with E-state index < -0.39 is 5.92 Å². The molecule has 3 aromatic rings. The van der Waals surface area contributed by atoms with Gasteiger partial charge in [-0.05, 0) is 31.2 Å². The molecule has 0 fully saturated rings. The summed E-state index contributed by atoms with van der Waals surface area (Å²) in [5, 5.41) is 26.2. The molecule has 0 unspecified atom stereocenters. The zero-order valence-corrected chi connectivity index (χ0v) is 17.5. The molecule has 1 aliphatic rings. The Balaban J connectivity index is 1.80. The number of nitrogens with one attached hydrogen (secondary N) is 1. The highest BCUT2D eigenvalue weighted by Crippen LogP contribution is 2.46. The molecule has 3 N–H and O–H groups in total. The molecule has 2 aromatic carbocycles. The first-order valence-electron chi connectivity index (χ1n) is 9.06. The summed E-state index contributed by atoms with van der Waals surface area (Å²) < 4.78 is 12.5. The van der Waals surface area contributed by atoms with Gasteiger partial charge in [0.05, 0.1) is 17.6 Å². The number of fused-ring (bicyclic) bond motifs is 1. The fourth-order valence-corrected chi connectivity index (χ4v) is 3.88. The minimum Gasteiger partial charge on any atom is -0.489 e. The molecule has 0 saturated carbocycles. The van der Waals surface area contributed by atoms with Crippen LogP contribution in [0.2, 0.25) is 0 Å². The fraction of sp³-hybridized carbons (Fsp3) is 0.136. The summed E-state index contributed by atoms with van der Waals surface area (Å²) in [5.74, 6) is 0.429. The summed E-state index contributed by atoms with van der Waals surface area (Å²) in [5.41, 5.74) is 9.89. The molecule has 1 atom stereocenters. The predicted octanol–water partition coefficient (Wildman–Crippen LogP) is 4.15. The van der Waals surface area contributed by atoms with E-state index in [9.17, 15) is 10.5 Å². The Labute approximate surface area is 181 Å². The van der Waals surface area contributed by atoms with E-state index in [2.05, 4.69) is 38.3 Å². The molecule has 0 spiro atoms. The molecular weight excluding hydrogens is 446 g/mol. The van der Waals surface area contributed by atoms with Crippen molar-refractivity contribution in [3.05, 3.63) is 86.3 Å². The van der Waals surface area contributed by atoms with Crippen molar-refractivity contribution >= 4 is 15.9 Å². The van der Waals surface area contributed by atoms with Crippen molar-refractivity contribution in [3.63, 3.8) is 0 Å². The number of hydrogen-bond donors (Lipinski definition) is 2. The normalized spacial score (nSPS) is 15.0. The largest absolute Gasteiger partial charge is 0.489 e. The van der Waals surface area contributed by atoms with E-state index in [0.717, 1.165) is 26.9 Å². The van der Waals surface area contributed by atoms with E-state index in [1.54, 1.807) is 6.07 Å². The van der Waals surface area contributed by atoms with Crippen LogP contribution in [0, 0.1) is 29.6 Å². The molecule has 0 aliphatic carbocycles. The Hall–Kier alpha value is -3.75. The van der Waals surface area contributed by atoms with E-state index in [1.807, 2.05) is 43.3 Å². The molecule has 148 valence electrons. The molecule has 1 aliphatic heterocycles. The second kappa shape index (κ2) is 7.94. The van der Waals surface area contributed by atoms with Gasteiger partial charge in [0.25, 0.3) is 0 Å². The number of nitriles is 2. The summed E-state index contributed by atoms with van der Waals surface area (Å²) in [4.78, 5) is 0. The van der Waals surface area contributed by atoms with E-state index in [0.29, 0.717) is 17.2 Å². The van der Waals surface area contributed by atoms with Gasteiger partial charge in [-0.3, -0.25) is 5.10 Å². The third-order valence-electron chi connectivity index (χ3n) is 4.93. The van der Waals surface area contributed by atoms with Crippen molar-refractivity contribution in [2.45, 2.75) is 19.4 Å². The van der Waals surface area contributed by atoms with Crippen LogP contribution < -0.4 is 15.2 Å². The number of nitrogens with two attached hydrogens (primary N) is 1. The van der Waals surface area contributed by atoms with Crippen molar-refractivity contribution in [2.75, 3.05) is 0 Å². The highest BCUT2D eigenvalue weighted by molar-refractivity contribution is 9.10. The number of H-pyrrole nitrogens is 1. The number of halogens is 1. The minimum absolute atomic E-state index is 0.0160. The van der Waals surface area contributed by atoms with Crippen molar-refractivity contribution in [2.24, 2.45) is 5.73 Å².